The Balaban J connectivity index is 1.70. The molecule has 4 rings (SSSR count). The topological polar surface area (TPSA) is 46.9 Å². The van der Waals surface area contributed by atoms with Crippen LogP contribution in [0.4, 0.5) is 5.69 Å². The maximum Gasteiger partial charge on any atom is 0.265 e. The van der Waals surface area contributed by atoms with Crippen LogP contribution in [0.3, 0.4) is 0 Å². The van der Waals surface area contributed by atoms with Crippen molar-refractivity contribution in [1.82, 2.24) is 9.78 Å². The summed E-state index contributed by atoms with van der Waals surface area (Å²) < 4.78 is 1.91. The summed E-state index contributed by atoms with van der Waals surface area (Å²) in [5, 5.41) is 8.67. The van der Waals surface area contributed by atoms with Crippen molar-refractivity contribution in [2.24, 2.45) is 0 Å². The molecule has 0 radical (unpaired) electrons. The third-order valence-corrected chi connectivity index (χ3v) is 5.51. The van der Waals surface area contributed by atoms with Crippen molar-refractivity contribution < 1.29 is 4.79 Å². The van der Waals surface area contributed by atoms with Crippen LogP contribution in [0.25, 0.3) is 15.9 Å². The number of carbonyl (C=O) groups is 1. The largest absolute Gasteiger partial charge is 0.321 e. The Morgan fingerprint density at radius 1 is 1.04 bits per heavy atom. The highest BCUT2D eigenvalue weighted by Gasteiger charge is 2.17. The van der Waals surface area contributed by atoms with E-state index >= 15 is 0 Å². The first-order chi connectivity index (χ1) is 12.5. The SMILES string of the molecule is Cc1ccc(NC(=O)c2cc3c(C)nn(-c4ccccc4)c3s2)c(C)c1. The molecule has 0 fully saturated rings. The van der Waals surface area contributed by atoms with E-state index in [0.717, 1.165) is 32.8 Å². The second kappa shape index (κ2) is 6.42. The smallest absolute Gasteiger partial charge is 0.265 e. The number of carbonyl (C=O) groups excluding carboxylic acids is 1. The lowest BCUT2D eigenvalue weighted by Crippen LogP contribution is -2.11. The lowest BCUT2D eigenvalue weighted by molar-refractivity contribution is 0.103. The lowest BCUT2D eigenvalue weighted by Gasteiger charge is -2.08. The second-order valence-electron chi connectivity index (χ2n) is 6.43. The van der Waals surface area contributed by atoms with E-state index in [2.05, 4.69) is 16.5 Å². The molecular weight excluding hydrogens is 342 g/mol. The Kier molecular flexibility index (Phi) is 4.09. The molecule has 1 amide bonds. The Morgan fingerprint density at radius 3 is 2.54 bits per heavy atom. The highest BCUT2D eigenvalue weighted by Crippen LogP contribution is 2.31. The number of aromatic nitrogens is 2. The van der Waals surface area contributed by atoms with Crippen LogP contribution in [0.15, 0.2) is 54.6 Å². The number of thiophene rings is 1. The van der Waals surface area contributed by atoms with Crippen LogP contribution in [0.5, 0.6) is 0 Å². The molecule has 26 heavy (non-hydrogen) atoms. The molecule has 0 spiro atoms. The first-order valence-electron chi connectivity index (χ1n) is 8.46. The summed E-state index contributed by atoms with van der Waals surface area (Å²) >= 11 is 1.46. The van der Waals surface area contributed by atoms with E-state index in [4.69, 9.17) is 0 Å². The third-order valence-electron chi connectivity index (χ3n) is 4.40. The highest BCUT2D eigenvalue weighted by atomic mass is 32.1. The quantitative estimate of drug-likeness (QED) is 0.541. The van der Waals surface area contributed by atoms with Crippen molar-refractivity contribution in [1.29, 1.82) is 0 Å². The van der Waals surface area contributed by atoms with E-state index in [-0.39, 0.29) is 5.91 Å². The number of fused-ring (bicyclic) bond motifs is 1. The molecule has 0 aliphatic rings. The van der Waals surface area contributed by atoms with Crippen LogP contribution < -0.4 is 5.32 Å². The zero-order chi connectivity index (χ0) is 18.3. The number of amides is 1. The summed E-state index contributed by atoms with van der Waals surface area (Å²) in [5.41, 5.74) is 5.01. The fraction of sp³-hybridized carbons (Fsp3) is 0.143. The number of para-hydroxylation sites is 1. The van der Waals surface area contributed by atoms with Gasteiger partial charge >= 0.3 is 0 Å². The van der Waals surface area contributed by atoms with Crippen molar-refractivity contribution in [2.45, 2.75) is 20.8 Å². The maximum atomic E-state index is 12.7. The molecule has 4 aromatic rings. The molecule has 0 aliphatic carbocycles. The van der Waals surface area contributed by atoms with Crippen molar-refractivity contribution in [3.63, 3.8) is 0 Å². The minimum Gasteiger partial charge on any atom is -0.321 e. The van der Waals surface area contributed by atoms with Gasteiger partial charge < -0.3 is 5.32 Å². The molecule has 1 N–H and O–H groups in total. The number of hydrogen-bond donors (Lipinski definition) is 1. The standard InChI is InChI=1S/C21H19N3OS/c1-13-9-10-18(14(2)11-13)22-20(25)19-12-17-15(3)23-24(21(17)26-19)16-7-5-4-6-8-16/h4-12H,1-3H3,(H,22,25). The van der Waals surface area contributed by atoms with Gasteiger partial charge in [0.05, 0.1) is 16.3 Å². The average molecular weight is 361 g/mol. The van der Waals surface area contributed by atoms with Gasteiger partial charge in [-0.25, -0.2) is 4.68 Å². The first-order valence-corrected chi connectivity index (χ1v) is 9.28. The van der Waals surface area contributed by atoms with Gasteiger partial charge in [-0.15, -0.1) is 11.3 Å². The van der Waals surface area contributed by atoms with Gasteiger partial charge in [-0.2, -0.15) is 5.10 Å². The number of anilines is 1. The lowest BCUT2D eigenvalue weighted by atomic mass is 10.1. The normalized spacial score (nSPS) is 11.0. The maximum absolute atomic E-state index is 12.7. The molecule has 4 nitrogen and oxygen atoms in total. The summed E-state index contributed by atoms with van der Waals surface area (Å²) in [6, 6.07) is 17.9. The summed E-state index contributed by atoms with van der Waals surface area (Å²) in [5.74, 6) is -0.0860. The van der Waals surface area contributed by atoms with E-state index < -0.39 is 0 Å². The monoisotopic (exact) mass is 361 g/mol. The van der Waals surface area contributed by atoms with Gasteiger partial charge in [-0.3, -0.25) is 4.79 Å². The van der Waals surface area contributed by atoms with E-state index in [9.17, 15) is 4.79 Å². The van der Waals surface area contributed by atoms with Crippen LogP contribution in [-0.2, 0) is 0 Å². The van der Waals surface area contributed by atoms with E-state index in [1.807, 2.05) is 74.0 Å². The average Bonchev–Trinajstić information content (AvgIpc) is 3.19. The number of aryl methyl sites for hydroxylation is 3. The molecule has 0 aliphatic heterocycles. The Hall–Kier alpha value is -2.92. The predicted molar refractivity (Wildman–Crippen MR) is 108 cm³/mol. The van der Waals surface area contributed by atoms with Gasteiger partial charge in [0.1, 0.15) is 4.83 Å². The molecule has 130 valence electrons. The molecule has 5 heteroatoms. The molecule has 0 bridgehead atoms. The number of nitrogens with zero attached hydrogens (tertiary/aromatic N) is 2. The molecule has 0 saturated heterocycles. The second-order valence-corrected chi connectivity index (χ2v) is 7.47. The van der Waals surface area contributed by atoms with Gasteiger partial charge in [0, 0.05) is 11.1 Å². The molecule has 0 atom stereocenters. The van der Waals surface area contributed by atoms with E-state index in [1.54, 1.807) is 0 Å². The van der Waals surface area contributed by atoms with E-state index in [0.29, 0.717) is 4.88 Å². The molecule has 0 unspecified atom stereocenters. The molecule has 2 heterocycles. The zero-order valence-corrected chi connectivity index (χ0v) is 15.7. The van der Waals surface area contributed by atoms with Crippen LogP contribution in [0, 0.1) is 20.8 Å². The molecule has 2 aromatic heterocycles. The van der Waals surface area contributed by atoms with Crippen LogP contribution in [0.1, 0.15) is 26.5 Å². The summed E-state index contributed by atoms with van der Waals surface area (Å²) in [6.07, 6.45) is 0. The van der Waals surface area contributed by atoms with Crippen LogP contribution in [-0.4, -0.2) is 15.7 Å². The van der Waals surface area contributed by atoms with E-state index in [1.165, 1.54) is 16.9 Å². The Morgan fingerprint density at radius 2 is 1.81 bits per heavy atom. The summed E-state index contributed by atoms with van der Waals surface area (Å²) in [6.45, 7) is 6.02. The van der Waals surface area contributed by atoms with Gasteiger partial charge in [0.15, 0.2) is 0 Å². The minimum atomic E-state index is -0.0860. The fourth-order valence-electron chi connectivity index (χ4n) is 3.04. The third kappa shape index (κ3) is 2.91. The molecular formula is C21H19N3OS. The number of nitrogens with one attached hydrogen (secondary N) is 1. The van der Waals surface area contributed by atoms with Crippen LogP contribution in [0.2, 0.25) is 0 Å². The summed E-state index contributed by atoms with van der Waals surface area (Å²) in [7, 11) is 0. The number of benzene rings is 2. The van der Waals surface area contributed by atoms with Gasteiger partial charge in [-0.1, -0.05) is 35.9 Å². The summed E-state index contributed by atoms with van der Waals surface area (Å²) in [4.78, 5) is 14.4. The zero-order valence-electron chi connectivity index (χ0n) is 14.9. The van der Waals surface area contributed by atoms with Crippen molar-refractivity contribution in [3.8, 4) is 5.69 Å². The van der Waals surface area contributed by atoms with Gasteiger partial charge in [-0.05, 0) is 50.6 Å². The Labute approximate surface area is 156 Å². The number of rotatable bonds is 3. The Bertz CT molecular complexity index is 1110. The van der Waals surface area contributed by atoms with Crippen LogP contribution >= 0.6 is 11.3 Å². The van der Waals surface area contributed by atoms with Gasteiger partial charge in [0.25, 0.3) is 5.91 Å². The first kappa shape index (κ1) is 16.5. The predicted octanol–water partition coefficient (Wildman–Crippen LogP) is 5.26. The molecule has 2 aromatic carbocycles. The van der Waals surface area contributed by atoms with Crippen molar-refractivity contribution in [3.05, 3.63) is 76.3 Å². The van der Waals surface area contributed by atoms with Crippen molar-refractivity contribution >= 4 is 33.1 Å². The van der Waals surface area contributed by atoms with Crippen molar-refractivity contribution in [2.75, 3.05) is 5.32 Å². The van der Waals surface area contributed by atoms with Gasteiger partial charge in [0.2, 0.25) is 0 Å². The fourth-order valence-corrected chi connectivity index (χ4v) is 4.12. The minimum absolute atomic E-state index is 0.0860. The highest BCUT2D eigenvalue weighted by molar-refractivity contribution is 7.20. The number of hydrogen-bond acceptors (Lipinski definition) is 3. The molecule has 0 saturated carbocycles.